The lowest BCUT2D eigenvalue weighted by atomic mass is 10.00. The summed E-state index contributed by atoms with van der Waals surface area (Å²) in [6.45, 7) is 0. The highest BCUT2D eigenvalue weighted by Crippen LogP contribution is 2.23. The van der Waals surface area contributed by atoms with Crippen LogP contribution in [0.15, 0.2) is 48.8 Å². The predicted octanol–water partition coefficient (Wildman–Crippen LogP) is 2.45. The minimum atomic E-state index is 0.0115. The molecule has 3 nitrogen and oxygen atoms in total. The van der Waals surface area contributed by atoms with Crippen molar-refractivity contribution in [3.05, 3.63) is 54.4 Å². The number of hydrogen-bond acceptors (Lipinski definition) is 2. The molecule has 0 saturated carbocycles. The Morgan fingerprint density at radius 1 is 1.06 bits per heavy atom. The molecule has 2 rings (SSSR count). The van der Waals surface area contributed by atoms with Crippen LogP contribution >= 0.6 is 0 Å². The van der Waals surface area contributed by atoms with Crippen molar-refractivity contribution < 1.29 is 4.79 Å². The third kappa shape index (κ3) is 2.33. The van der Waals surface area contributed by atoms with Crippen LogP contribution in [-0.4, -0.2) is 29.9 Å². The summed E-state index contributed by atoms with van der Waals surface area (Å²) in [6.07, 6.45) is 3.46. The molecule has 1 aromatic heterocycles. The molecule has 0 aliphatic carbocycles. The van der Waals surface area contributed by atoms with Gasteiger partial charge >= 0.3 is 0 Å². The van der Waals surface area contributed by atoms with Crippen LogP contribution in [0.2, 0.25) is 0 Å². The summed E-state index contributed by atoms with van der Waals surface area (Å²) in [6, 6.07) is 11.4. The van der Waals surface area contributed by atoms with Crippen LogP contribution in [0, 0.1) is 0 Å². The van der Waals surface area contributed by atoms with Crippen molar-refractivity contribution in [2.24, 2.45) is 0 Å². The molecule has 2 aromatic rings. The molecule has 86 valence electrons. The molecule has 1 amide bonds. The second-order valence-corrected chi connectivity index (χ2v) is 3.98. The topological polar surface area (TPSA) is 33.2 Å². The van der Waals surface area contributed by atoms with Gasteiger partial charge in [-0.1, -0.05) is 18.2 Å². The van der Waals surface area contributed by atoms with Crippen molar-refractivity contribution in [1.82, 2.24) is 9.88 Å². The van der Waals surface area contributed by atoms with Crippen LogP contribution < -0.4 is 0 Å². The van der Waals surface area contributed by atoms with Crippen molar-refractivity contribution in [3.63, 3.8) is 0 Å². The third-order valence-electron chi connectivity index (χ3n) is 2.55. The zero-order chi connectivity index (χ0) is 12.3. The molecule has 0 bridgehead atoms. The molecule has 1 heterocycles. The van der Waals surface area contributed by atoms with E-state index in [0.29, 0.717) is 5.56 Å². The van der Waals surface area contributed by atoms with Gasteiger partial charge in [-0.15, -0.1) is 0 Å². The Morgan fingerprint density at radius 3 is 2.35 bits per heavy atom. The number of nitrogens with zero attached hydrogens (tertiary/aromatic N) is 2. The van der Waals surface area contributed by atoms with Gasteiger partial charge in [0.15, 0.2) is 0 Å². The van der Waals surface area contributed by atoms with Crippen LogP contribution in [0.25, 0.3) is 11.1 Å². The van der Waals surface area contributed by atoms with Crippen LogP contribution in [0.4, 0.5) is 0 Å². The quantitative estimate of drug-likeness (QED) is 0.788. The highest BCUT2D eigenvalue weighted by Gasteiger charge is 2.13. The fourth-order valence-electron chi connectivity index (χ4n) is 1.69. The molecule has 17 heavy (non-hydrogen) atoms. The standard InChI is InChI=1S/C14H14N2O/c1-16(2)14(17)13-6-4-3-5-12(13)11-7-9-15-10-8-11/h3-10H,1-2H3. The maximum absolute atomic E-state index is 12.0. The number of pyridine rings is 1. The average molecular weight is 226 g/mol. The Bertz CT molecular complexity index is 521. The molecule has 0 saturated heterocycles. The van der Waals surface area contributed by atoms with E-state index in [1.165, 1.54) is 0 Å². The zero-order valence-electron chi connectivity index (χ0n) is 9.92. The van der Waals surface area contributed by atoms with Crippen molar-refractivity contribution in [1.29, 1.82) is 0 Å². The van der Waals surface area contributed by atoms with E-state index in [1.54, 1.807) is 31.4 Å². The summed E-state index contributed by atoms with van der Waals surface area (Å²) in [4.78, 5) is 17.6. The van der Waals surface area contributed by atoms with Gasteiger partial charge in [0, 0.05) is 32.1 Å². The molecular weight excluding hydrogens is 212 g/mol. The lowest BCUT2D eigenvalue weighted by molar-refractivity contribution is 0.0828. The summed E-state index contributed by atoms with van der Waals surface area (Å²) in [7, 11) is 3.51. The molecular formula is C14H14N2O. The van der Waals surface area contributed by atoms with Crippen molar-refractivity contribution in [3.8, 4) is 11.1 Å². The van der Waals surface area contributed by atoms with Gasteiger partial charge < -0.3 is 4.90 Å². The van der Waals surface area contributed by atoms with Crippen LogP contribution in [0.3, 0.4) is 0 Å². The van der Waals surface area contributed by atoms with Gasteiger partial charge in [-0.3, -0.25) is 9.78 Å². The zero-order valence-corrected chi connectivity index (χ0v) is 9.92. The highest BCUT2D eigenvalue weighted by atomic mass is 16.2. The molecule has 3 heteroatoms. The van der Waals surface area contributed by atoms with Crippen molar-refractivity contribution in [2.45, 2.75) is 0 Å². The second-order valence-electron chi connectivity index (χ2n) is 3.98. The SMILES string of the molecule is CN(C)C(=O)c1ccccc1-c1ccncc1. The Balaban J connectivity index is 2.52. The van der Waals surface area contributed by atoms with E-state index in [4.69, 9.17) is 0 Å². The van der Waals surface area contributed by atoms with E-state index >= 15 is 0 Å². The Kier molecular flexibility index (Phi) is 3.19. The molecule has 0 fully saturated rings. The smallest absolute Gasteiger partial charge is 0.253 e. The highest BCUT2D eigenvalue weighted by molar-refractivity contribution is 6.00. The van der Waals surface area contributed by atoms with E-state index in [1.807, 2.05) is 36.4 Å². The van der Waals surface area contributed by atoms with Gasteiger partial charge in [0.2, 0.25) is 0 Å². The third-order valence-corrected chi connectivity index (χ3v) is 2.55. The molecule has 0 aliphatic heterocycles. The molecule has 0 aliphatic rings. The average Bonchev–Trinajstić information content (AvgIpc) is 2.39. The monoisotopic (exact) mass is 226 g/mol. The molecule has 1 aromatic carbocycles. The van der Waals surface area contributed by atoms with Gasteiger partial charge in [-0.05, 0) is 29.3 Å². The normalized spacial score (nSPS) is 10.0. The number of aromatic nitrogens is 1. The van der Waals surface area contributed by atoms with E-state index < -0.39 is 0 Å². The summed E-state index contributed by atoms with van der Waals surface area (Å²) in [5.74, 6) is 0.0115. The predicted molar refractivity (Wildman–Crippen MR) is 67.7 cm³/mol. The lowest BCUT2D eigenvalue weighted by Gasteiger charge is -2.13. The van der Waals surface area contributed by atoms with Gasteiger partial charge in [-0.2, -0.15) is 0 Å². The van der Waals surface area contributed by atoms with Crippen LogP contribution in [-0.2, 0) is 0 Å². The molecule has 0 atom stereocenters. The summed E-state index contributed by atoms with van der Waals surface area (Å²) < 4.78 is 0. The van der Waals surface area contributed by atoms with E-state index in [0.717, 1.165) is 11.1 Å². The lowest BCUT2D eigenvalue weighted by Crippen LogP contribution is -2.22. The molecule has 0 unspecified atom stereocenters. The number of amides is 1. The van der Waals surface area contributed by atoms with E-state index in [2.05, 4.69) is 4.98 Å². The van der Waals surface area contributed by atoms with Gasteiger partial charge in [0.25, 0.3) is 5.91 Å². The van der Waals surface area contributed by atoms with E-state index in [9.17, 15) is 4.79 Å². The van der Waals surface area contributed by atoms with E-state index in [-0.39, 0.29) is 5.91 Å². The Morgan fingerprint density at radius 2 is 1.71 bits per heavy atom. The first-order valence-electron chi connectivity index (χ1n) is 5.41. The minimum Gasteiger partial charge on any atom is -0.345 e. The number of benzene rings is 1. The fraction of sp³-hybridized carbons (Fsp3) is 0.143. The Labute approximate surface area is 101 Å². The first-order chi connectivity index (χ1) is 8.20. The first-order valence-corrected chi connectivity index (χ1v) is 5.41. The fourth-order valence-corrected chi connectivity index (χ4v) is 1.69. The summed E-state index contributed by atoms with van der Waals surface area (Å²) in [5, 5.41) is 0. The van der Waals surface area contributed by atoms with Crippen LogP contribution in [0.5, 0.6) is 0 Å². The number of rotatable bonds is 2. The number of hydrogen-bond donors (Lipinski definition) is 0. The van der Waals surface area contributed by atoms with Crippen molar-refractivity contribution >= 4 is 5.91 Å². The van der Waals surface area contributed by atoms with Crippen molar-refractivity contribution in [2.75, 3.05) is 14.1 Å². The molecule has 0 N–H and O–H groups in total. The first kappa shape index (κ1) is 11.3. The van der Waals surface area contributed by atoms with Crippen LogP contribution in [0.1, 0.15) is 10.4 Å². The molecule has 0 spiro atoms. The Hall–Kier alpha value is -2.16. The summed E-state index contributed by atoms with van der Waals surface area (Å²) >= 11 is 0. The van der Waals surface area contributed by atoms with Gasteiger partial charge in [-0.25, -0.2) is 0 Å². The number of carbonyl (C=O) groups is 1. The number of carbonyl (C=O) groups excluding carboxylic acids is 1. The van der Waals surface area contributed by atoms with Gasteiger partial charge in [0.1, 0.15) is 0 Å². The largest absolute Gasteiger partial charge is 0.345 e. The van der Waals surface area contributed by atoms with Gasteiger partial charge in [0.05, 0.1) is 0 Å². The minimum absolute atomic E-state index is 0.0115. The maximum Gasteiger partial charge on any atom is 0.253 e. The maximum atomic E-state index is 12.0. The second kappa shape index (κ2) is 4.78. The summed E-state index contributed by atoms with van der Waals surface area (Å²) in [5.41, 5.74) is 2.66. The molecule has 0 radical (unpaired) electrons.